The molecule has 1 fully saturated rings. The Hall–Kier alpha value is -1.49. The number of amides is 1. The number of hydrogen-bond donors (Lipinski definition) is 0. The molecule has 2 atom stereocenters. The van der Waals surface area contributed by atoms with Crippen LogP contribution in [-0.4, -0.2) is 47.9 Å². The van der Waals surface area contributed by atoms with Gasteiger partial charge >= 0.3 is 0 Å². The Kier molecular flexibility index (Phi) is 4.93. The molecule has 5 heteroatoms. The van der Waals surface area contributed by atoms with E-state index in [0.29, 0.717) is 12.6 Å². The molecule has 1 aromatic rings. The van der Waals surface area contributed by atoms with E-state index in [9.17, 15) is 13.6 Å². The number of nitrogens with zero attached hydrogens (tertiary/aromatic N) is 2. The fraction of sp³-hybridized carbons (Fsp3) is 0.562. The molecular formula is C16H22F2N2O. The third-order valence-electron chi connectivity index (χ3n) is 4.27. The minimum atomic E-state index is -0.581. The highest BCUT2D eigenvalue weighted by Crippen LogP contribution is 2.18. The summed E-state index contributed by atoms with van der Waals surface area (Å²) in [6, 6.07) is 4.21. The smallest absolute Gasteiger partial charge is 0.223 e. The van der Waals surface area contributed by atoms with Crippen LogP contribution in [0.4, 0.5) is 8.78 Å². The van der Waals surface area contributed by atoms with Crippen LogP contribution in [0.3, 0.4) is 0 Å². The molecule has 3 nitrogen and oxygen atoms in total. The van der Waals surface area contributed by atoms with Gasteiger partial charge in [-0.2, -0.15) is 0 Å². The maximum atomic E-state index is 13.6. The van der Waals surface area contributed by atoms with Gasteiger partial charge in [0, 0.05) is 37.2 Å². The lowest BCUT2D eigenvalue weighted by atomic mass is 10.1. The molecule has 1 aromatic carbocycles. The summed E-state index contributed by atoms with van der Waals surface area (Å²) in [5.41, 5.74) is 0.000629. The van der Waals surface area contributed by atoms with Crippen molar-refractivity contribution in [1.82, 2.24) is 9.80 Å². The molecule has 0 aliphatic carbocycles. The lowest BCUT2D eigenvalue weighted by molar-refractivity contribution is -0.136. The molecule has 0 unspecified atom stereocenters. The van der Waals surface area contributed by atoms with Crippen molar-refractivity contribution < 1.29 is 13.6 Å². The Bertz CT molecular complexity index is 501. The summed E-state index contributed by atoms with van der Waals surface area (Å²) in [5.74, 6) is -1.20. The number of halogens is 2. The lowest BCUT2D eigenvalue weighted by Gasteiger charge is -2.42. The van der Waals surface area contributed by atoms with E-state index in [-0.39, 0.29) is 30.4 Å². The number of piperazine rings is 1. The van der Waals surface area contributed by atoms with Crippen molar-refractivity contribution in [3.05, 3.63) is 35.4 Å². The van der Waals surface area contributed by atoms with E-state index in [4.69, 9.17) is 0 Å². The van der Waals surface area contributed by atoms with Gasteiger partial charge in [-0.3, -0.25) is 9.69 Å². The molecule has 2 rings (SSSR count). The second kappa shape index (κ2) is 6.52. The first kappa shape index (κ1) is 15.9. The van der Waals surface area contributed by atoms with E-state index in [1.807, 2.05) is 18.9 Å². The van der Waals surface area contributed by atoms with Crippen molar-refractivity contribution in [2.24, 2.45) is 0 Å². The van der Waals surface area contributed by atoms with Gasteiger partial charge in [0.05, 0.1) is 0 Å². The van der Waals surface area contributed by atoms with Crippen molar-refractivity contribution in [2.75, 3.05) is 20.1 Å². The quantitative estimate of drug-likeness (QED) is 0.855. The fourth-order valence-electron chi connectivity index (χ4n) is 2.79. The van der Waals surface area contributed by atoms with Gasteiger partial charge < -0.3 is 4.90 Å². The van der Waals surface area contributed by atoms with Gasteiger partial charge in [0.15, 0.2) is 0 Å². The predicted molar refractivity (Wildman–Crippen MR) is 77.9 cm³/mol. The molecule has 1 aliphatic rings. The van der Waals surface area contributed by atoms with Gasteiger partial charge in [-0.15, -0.1) is 0 Å². The van der Waals surface area contributed by atoms with Crippen molar-refractivity contribution >= 4 is 5.91 Å². The number of hydrogen-bond acceptors (Lipinski definition) is 2. The summed E-state index contributed by atoms with van der Waals surface area (Å²) < 4.78 is 27.1. The van der Waals surface area contributed by atoms with E-state index >= 15 is 0 Å². The van der Waals surface area contributed by atoms with E-state index < -0.39 is 11.6 Å². The number of rotatable bonds is 3. The second-order valence-electron chi connectivity index (χ2n) is 5.88. The third kappa shape index (κ3) is 3.59. The summed E-state index contributed by atoms with van der Waals surface area (Å²) in [7, 11) is 2.04. The highest BCUT2D eigenvalue weighted by atomic mass is 19.1. The van der Waals surface area contributed by atoms with Crippen LogP contribution in [0.1, 0.15) is 25.8 Å². The second-order valence-corrected chi connectivity index (χ2v) is 5.88. The number of carbonyl (C=O) groups excluding carboxylic acids is 1. The number of benzene rings is 1. The molecule has 1 aliphatic heterocycles. The first-order chi connectivity index (χ1) is 9.90. The zero-order valence-corrected chi connectivity index (χ0v) is 12.8. The van der Waals surface area contributed by atoms with Crippen LogP contribution in [0.5, 0.6) is 0 Å². The minimum absolute atomic E-state index is 0.000629. The highest BCUT2D eigenvalue weighted by Gasteiger charge is 2.29. The van der Waals surface area contributed by atoms with Crippen molar-refractivity contribution in [3.8, 4) is 0 Å². The predicted octanol–water partition coefficient (Wildman–Crippen LogP) is 2.45. The van der Waals surface area contributed by atoms with Crippen molar-refractivity contribution in [3.63, 3.8) is 0 Å². The highest BCUT2D eigenvalue weighted by molar-refractivity contribution is 5.77. The molecule has 1 saturated heterocycles. The van der Waals surface area contributed by atoms with Crippen LogP contribution >= 0.6 is 0 Å². The molecule has 0 N–H and O–H groups in total. The third-order valence-corrected chi connectivity index (χ3v) is 4.27. The van der Waals surface area contributed by atoms with E-state index in [1.54, 1.807) is 0 Å². The summed E-state index contributed by atoms with van der Waals surface area (Å²) >= 11 is 0. The molecule has 0 spiro atoms. The van der Waals surface area contributed by atoms with Crippen LogP contribution in [0.15, 0.2) is 18.2 Å². The monoisotopic (exact) mass is 296 g/mol. The van der Waals surface area contributed by atoms with Gasteiger partial charge in [-0.1, -0.05) is 6.07 Å². The minimum Gasteiger partial charge on any atom is -0.337 e. The van der Waals surface area contributed by atoms with E-state index in [2.05, 4.69) is 11.8 Å². The van der Waals surface area contributed by atoms with Crippen LogP contribution < -0.4 is 0 Å². The summed E-state index contributed by atoms with van der Waals surface area (Å²) in [6.07, 6.45) is 0.239. The lowest BCUT2D eigenvalue weighted by Crippen LogP contribution is -2.56. The first-order valence-corrected chi connectivity index (χ1v) is 7.32. The number of likely N-dealkylation sites (N-methyl/N-ethyl adjacent to an activating group) is 1. The van der Waals surface area contributed by atoms with Gasteiger partial charge in [0.25, 0.3) is 0 Å². The summed E-state index contributed by atoms with van der Waals surface area (Å²) in [6.45, 7) is 5.56. The molecule has 1 amide bonds. The topological polar surface area (TPSA) is 23.6 Å². The Balaban J connectivity index is 1.99. The average molecular weight is 296 g/mol. The molecule has 1 heterocycles. The van der Waals surface area contributed by atoms with Gasteiger partial charge in [-0.05, 0) is 39.4 Å². The standard InChI is InChI=1S/C16H22F2N2O/c1-11-10-20(12(2)9-19(11)3)16(21)8-7-13-14(17)5-4-6-15(13)18/h4-6,11-12H,7-10H2,1-3H3/t11-,12-/m0/s1. The van der Waals surface area contributed by atoms with Gasteiger partial charge in [0.2, 0.25) is 5.91 Å². The van der Waals surface area contributed by atoms with Crippen molar-refractivity contribution in [2.45, 2.75) is 38.8 Å². The SMILES string of the molecule is C[C@H]1CN(C(=O)CCc2c(F)cccc2F)[C@@H](C)CN1C. The van der Waals surface area contributed by atoms with Crippen molar-refractivity contribution in [1.29, 1.82) is 0 Å². The maximum Gasteiger partial charge on any atom is 0.223 e. The fourth-order valence-corrected chi connectivity index (χ4v) is 2.79. The Morgan fingerprint density at radius 3 is 2.43 bits per heavy atom. The molecule has 0 aromatic heterocycles. The molecule has 116 valence electrons. The van der Waals surface area contributed by atoms with Gasteiger partial charge in [0.1, 0.15) is 11.6 Å². The Labute approximate surface area is 124 Å². The maximum absolute atomic E-state index is 13.6. The van der Waals surface area contributed by atoms with Crippen LogP contribution in [0.25, 0.3) is 0 Å². The number of carbonyl (C=O) groups is 1. The normalized spacial score (nSPS) is 23.4. The average Bonchev–Trinajstić information content (AvgIpc) is 2.42. The molecule has 0 radical (unpaired) electrons. The van der Waals surface area contributed by atoms with E-state index in [0.717, 1.165) is 6.54 Å². The Morgan fingerprint density at radius 2 is 1.81 bits per heavy atom. The molecular weight excluding hydrogens is 274 g/mol. The van der Waals surface area contributed by atoms with Crippen LogP contribution in [0, 0.1) is 11.6 Å². The zero-order chi connectivity index (χ0) is 15.6. The summed E-state index contributed by atoms with van der Waals surface area (Å²) in [4.78, 5) is 16.4. The summed E-state index contributed by atoms with van der Waals surface area (Å²) in [5, 5.41) is 0. The zero-order valence-electron chi connectivity index (χ0n) is 12.8. The van der Waals surface area contributed by atoms with Crippen LogP contribution in [-0.2, 0) is 11.2 Å². The molecule has 0 saturated carbocycles. The first-order valence-electron chi connectivity index (χ1n) is 7.32. The Morgan fingerprint density at radius 1 is 1.19 bits per heavy atom. The largest absolute Gasteiger partial charge is 0.337 e. The van der Waals surface area contributed by atoms with Gasteiger partial charge in [-0.25, -0.2) is 8.78 Å². The molecule has 0 bridgehead atoms. The van der Waals surface area contributed by atoms with E-state index in [1.165, 1.54) is 18.2 Å². The van der Waals surface area contributed by atoms with Crippen LogP contribution in [0.2, 0.25) is 0 Å². The molecule has 21 heavy (non-hydrogen) atoms.